The van der Waals surface area contributed by atoms with Gasteiger partial charge in [-0.2, -0.15) is 0 Å². The van der Waals surface area contributed by atoms with E-state index in [1.54, 1.807) is 4.90 Å². The zero-order valence-electron chi connectivity index (χ0n) is 20.7. The summed E-state index contributed by atoms with van der Waals surface area (Å²) in [4.78, 5) is 14.8. The van der Waals surface area contributed by atoms with Gasteiger partial charge in [0.1, 0.15) is 5.60 Å². The summed E-state index contributed by atoms with van der Waals surface area (Å²) in [6.45, 7) is 18.2. The van der Waals surface area contributed by atoms with E-state index in [2.05, 4.69) is 33.9 Å². The highest BCUT2D eigenvalue weighted by atomic mass is 28.4. The first-order chi connectivity index (χ1) is 14.2. The summed E-state index contributed by atoms with van der Waals surface area (Å²) in [5, 5.41) is 0.109. The first-order valence-corrected chi connectivity index (χ1v) is 14.2. The van der Waals surface area contributed by atoms with Crippen molar-refractivity contribution in [3.63, 3.8) is 0 Å². The van der Waals surface area contributed by atoms with Crippen molar-refractivity contribution in [2.45, 2.75) is 90.3 Å². The number of anilines is 1. The van der Waals surface area contributed by atoms with Crippen molar-refractivity contribution in [1.29, 1.82) is 0 Å². The minimum atomic E-state index is -1.93. The molecule has 0 aliphatic carbocycles. The fraction of sp³-hybridized carbons (Fsp3) is 0.708. The lowest BCUT2D eigenvalue weighted by Gasteiger charge is -2.43. The lowest BCUT2D eigenvalue weighted by atomic mass is 10.0. The van der Waals surface area contributed by atoms with Gasteiger partial charge in [0.05, 0.1) is 31.9 Å². The van der Waals surface area contributed by atoms with E-state index in [0.29, 0.717) is 19.8 Å². The van der Waals surface area contributed by atoms with Crippen molar-refractivity contribution in [2.75, 3.05) is 25.5 Å². The fourth-order valence-corrected chi connectivity index (χ4v) is 4.26. The number of nitrogens with zero attached hydrogens (tertiary/aromatic N) is 1. The number of nitrogens with two attached hydrogens (primary N) is 1. The number of amides is 1. The fourth-order valence-electron chi connectivity index (χ4n) is 3.21. The average Bonchev–Trinajstić information content (AvgIpc) is 2.64. The highest BCUT2D eigenvalue weighted by Crippen LogP contribution is 2.37. The van der Waals surface area contributed by atoms with Crippen molar-refractivity contribution in [1.82, 2.24) is 4.90 Å². The number of aryl methyl sites for hydroxylation is 1. The molecule has 0 spiro atoms. The highest BCUT2D eigenvalue weighted by Gasteiger charge is 2.40. The maximum atomic E-state index is 13.0. The quantitative estimate of drug-likeness (QED) is 0.475. The summed E-state index contributed by atoms with van der Waals surface area (Å²) in [5.74, 6) is 0. The third kappa shape index (κ3) is 7.51. The molecular weight excluding hydrogens is 408 g/mol. The molecule has 0 unspecified atom stereocenters. The molecule has 1 aliphatic heterocycles. The van der Waals surface area contributed by atoms with E-state index in [-0.39, 0.29) is 23.3 Å². The van der Waals surface area contributed by atoms with Gasteiger partial charge in [-0.3, -0.25) is 4.90 Å². The van der Waals surface area contributed by atoms with Crippen molar-refractivity contribution in [2.24, 2.45) is 0 Å². The maximum Gasteiger partial charge on any atom is 0.410 e. The molecule has 2 rings (SSSR count). The molecule has 0 radical (unpaired) electrons. The van der Waals surface area contributed by atoms with Crippen LogP contribution in [0.2, 0.25) is 18.1 Å². The van der Waals surface area contributed by atoms with Crippen LogP contribution in [0, 0.1) is 0 Å². The van der Waals surface area contributed by atoms with Gasteiger partial charge in [-0.25, -0.2) is 4.79 Å². The molecule has 1 heterocycles. The van der Waals surface area contributed by atoms with Gasteiger partial charge in [0.25, 0.3) is 0 Å². The molecule has 0 saturated carbocycles. The van der Waals surface area contributed by atoms with Crippen molar-refractivity contribution in [3.05, 3.63) is 29.8 Å². The van der Waals surface area contributed by atoms with Crippen LogP contribution in [-0.2, 0) is 20.3 Å². The molecule has 176 valence electrons. The van der Waals surface area contributed by atoms with E-state index in [4.69, 9.17) is 19.6 Å². The number of carbonyl (C=O) groups excluding carboxylic acids is 1. The lowest BCUT2D eigenvalue weighted by molar-refractivity contribution is -0.0808. The highest BCUT2D eigenvalue weighted by molar-refractivity contribution is 6.74. The Morgan fingerprint density at radius 2 is 1.84 bits per heavy atom. The van der Waals surface area contributed by atoms with Crippen LogP contribution in [0.15, 0.2) is 24.3 Å². The Morgan fingerprint density at radius 1 is 1.19 bits per heavy atom. The second-order valence-corrected chi connectivity index (χ2v) is 15.9. The number of rotatable bonds is 6. The molecule has 7 heteroatoms. The number of carbonyl (C=O) groups is 1. The lowest BCUT2D eigenvalue weighted by Crippen LogP contribution is -2.56. The second-order valence-electron chi connectivity index (χ2n) is 11.1. The monoisotopic (exact) mass is 450 g/mol. The largest absolute Gasteiger partial charge is 0.444 e. The van der Waals surface area contributed by atoms with Crippen LogP contribution < -0.4 is 5.73 Å². The zero-order chi connectivity index (χ0) is 23.4. The van der Waals surface area contributed by atoms with Crippen molar-refractivity contribution < 1.29 is 18.7 Å². The van der Waals surface area contributed by atoms with E-state index < -0.39 is 13.9 Å². The van der Waals surface area contributed by atoms with E-state index in [1.807, 2.05) is 45.0 Å². The average molecular weight is 451 g/mol. The number of nitrogen functional groups attached to an aromatic ring is 1. The Balaban J connectivity index is 2.07. The van der Waals surface area contributed by atoms with Crippen LogP contribution in [-0.4, -0.2) is 56.8 Å². The second kappa shape index (κ2) is 9.92. The van der Waals surface area contributed by atoms with Crippen LogP contribution in [0.1, 0.15) is 53.5 Å². The first kappa shape index (κ1) is 25.7. The molecule has 2 N–H and O–H groups in total. The molecule has 1 aliphatic rings. The third-order valence-electron chi connectivity index (χ3n) is 6.23. The molecule has 1 aromatic carbocycles. The van der Waals surface area contributed by atoms with Gasteiger partial charge in [0.2, 0.25) is 0 Å². The molecule has 6 nitrogen and oxygen atoms in total. The van der Waals surface area contributed by atoms with Gasteiger partial charge in [0.15, 0.2) is 8.32 Å². The minimum Gasteiger partial charge on any atom is -0.444 e. The SMILES string of the molecule is CC(C)(C)OC(=O)N1C[C@@H](CCc2ccccc2N)OC[C@H]1CO[Si](C)(C)C(C)(C)C. The topological polar surface area (TPSA) is 74.0 Å². The van der Waals surface area contributed by atoms with Gasteiger partial charge < -0.3 is 19.6 Å². The van der Waals surface area contributed by atoms with Gasteiger partial charge in [-0.05, 0) is 63.4 Å². The normalized spacial score (nSPS) is 20.6. The van der Waals surface area contributed by atoms with Crippen molar-refractivity contribution >= 4 is 20.1 Å². The smallest absolute Gasteiger partial charge is 0.410 e. The molecule has 1 saturated heterocycles. The molecule has 1 aromatic rings. The van der Waals surface area contributed by atoms with Crippen LogP contribution in [0.5, 0.6) is 0 Å². The summed E-state index contributed by atoms with van der Waals surface area (Å²) < 4.78 is 18.3. The maximum absolute atomic E-state index is 13.0. The molecule has 1 fully saturated rings. The number of hydrogen-bond donors (Lipinski definition) is 1. The van der Waals surface area contributed by atoms with Crippen LogP contribution in [0.25, 0.3) is 0 Å². The van der Waals surface area contributed by atoms with Crippen LogP contribution in [0.4, 0.5) is 10.5 Å². The number of para-hydroxylation sites is 1. The Morgan fingerprint density at radius 3 is 2.42 bits per heavy atom. The molecule has 0 bridgehead atoms. The molecule has 0 aromatic heterocycles. The Bertz CT molecular complexity index is 740. The van der Waals surface area contributed by atoms with Gasteiger partial charge in [0, 0.05) is 5.69 Å². The van der Waals surface area contributed by atoms with Crippen molar-refractivity contribution in [3.8, 4) is 0 Å². The zero-order valence-corrected chi connectivity index (χ0v) is 21.7. The van der Waals surface area contributed by atoms with Gasteiger partial charge in [-0.15, -0.1) is 0 Å². The summed E-state index contributed by atoms with van der Waals surface area (Å²) >= 11 is 0. The Kier molecular flexibility index (Phi) is 8.22. The number of morpholine rings is 1. The molecule has 1 amide bonds. The van der Waals surface area contributed by atoms with E-state index >= 15 is 0 Å². The predicted molar refractivity (Wildman–Crippen MR) is 129 cm³/mol. The third-order valence-corrected chi connectivity index (χ3v) is 10.7. The number of ether oxygens (including phenoxy) is 2. The summed E-state index contributed by atoms with van der Waals surface area (Å²) in [6.07, 6.45) is 1.24. The van der Waals surface area contributed by atoms with E-state index in [1.165, 1.54) is 0 Å². The van der Waals surface area contributed by atoms with E-state index in [0.717, 1.165) is 24.1 Å². The molecule has 31 heavy (non-hydrogen) atoms. The van der Waals surface area contributed by atoms with E-state index in [9.17, 15) is 4.79 Å². The summed E-state index contributed by atoms with van der Waals surface area (Å²) in [5.41, 5.74) is 7.44. The molecule has 2 atom stereocenters. The Hall–Kier alpha value is -1.57. The summed E-state index contributed by atoms with van der Waals surface area (Å²) in [6, 6.07) is 7.74. The van der Waals surface area contributed by atoms with Crippen LogP contribution >= 0.6 is 0 Å². The standard InChI is InChI=1S/C24H42N2O4Si/c1-23(2,3)30-22(27)26-15-20(14-13-18-11-9-10-12-21(18)25)28-16-19(26)17-29-31(7,8)24(4,5)6/h9-12,19-20H,13-17,25H2,1-8H3/t19-,20+/m0/s1. The first-order valence-electron chi connectivity index (χ1n) is 11.3. The minimum absolute atomic E-state index is 0.0590. The Labute approximate surface area is 189 Å². The van der Waals surface area contributed by atoms with Gasteiger partial charge in [-0.1, -0.05) is 39.0 Å². The van der Waals surface area contributed by atoms with Gasteiger partial charge >= 0.3 is 6.09 Å². The number of hydrogen-bond acceptors (Lipinski definition) is 5. The molecular formula is C24H42N2O4Si. The number of benzene rings is 1. The summed E-state index contributed by atoms with van der Waals surface area (Å²) in [7, 11) is -1.93. The van der Waals surface area contributed by atoms with Crippen LogP contribution in [0.3, 0.4) is 0 Å². The predicted octanol–water partition coefficient (Wildman–Crippen LogP) is 5.23.